The molecule has 28 heavy (non-hydrogen) atoms. The van der Waals surface area contributed by atoms with Crippen LogP contribution in [0.4, 0.5) is 4.39 Å². The summed E-state index contributed by atoms with van der Waals surface area (Å²) in [6, 6.07) is 6.47. The van der Waals surface area contributed by atoms with Gasteiger partial charge in [0.15, 0.2) is 17.5 Å². The summed E-state index contributed by atoms with van der Waals surface area (Å²) >= 11 is 0. The minimum absolute atomic E-state index is 0. The van der Waals surface area contributed by atoms with Crippen molar-refractivity contribution < 1.29 is 13.9 Å². The molecule has 0 saturated carbocycles. The van der Waals surface area contributed by atoms with E-state index < -0.39 is 0 Å². The largest absolute Gasteiger partial charge is 0.489 e. The monoisotopic (exact) mass is 508 g/mol. The van der Waals surface area contributed by atoms with Crippen LogP contribution < -0.4 is 10.1 Å². The Morgan fingerprint density at radius 2 is 2.00 bits per heavy atom. The van der Waals surface area contributed by atoms with Gasteiger partial charge in [0, 0.05) is 34.3 Å². The highest BCUT2D eigenvalue weighted by molar-refractivity contribution is 14.0. The van der Waals surface area contributed by atoms with Crippen LogP contribution in [0.5, 0.6) is 5.75 Å². The predicted molar refractivity (Wildman–Crippen MR) is 122 cm³/mol. The van der Waals surface area contributed by atoms with Crippen LogP contribution in [0.1, 0.15) is 12.8 Å². The molecule has 6 nitrogen and oxygen atoms in total. The van der Waals surface area contributed by atoms with E-state index in [0.717, 1.165) is 38.7 Å². The molecule has 8 heteroatoms. The van der Waals surface area contributed by atoms with E-state index in [0.29, 0.717) is 19.1 Å². The van der Waals surface area contributed by atoms with Crippen LogP contribution in [0.25, 0.3) is 0 Å². The van der Waals surface area contributed by atoms with Crippen molar-refractivity contribution in [3.8, 4) is 5.75 Å². The summed E-state index contributed by atoms with van der Waals surface area (Å²) in [5, 5.41) is 3.46. The van der Waals surface area contributed by atoms with Crippen LogP contribution >= 0.6 is 24.0 Å². The average Bonchev–Trinajstić information content (AvgIpc) is 2.69. The molecule has 0 aliphatic carbocycles. The lowest BCUT2D eigenvalue weighted by molar-refractivity contribution is 0.120. The number of guanidine groups is 1. The third-order valence-electron chi connectivity index (χ3n) is 4.96. The van der Waals surface area contributed by atoms with Crippen LogP contribution in [-0.4, -0.2) is 82.9 Å². The van der Waals surface area contributed by atoms with Gasteiger partial charge in [-0.25, -0.2) is 4.39 Å². The fraction of sp³-hybridized carbons (Fsp3) is 0.650. The molecule has 1 N–H and O–H groups in total. The molecule has 0 atom stereocenters. The van der Waals surface area contributed by atoms with Crippen LogP contribution in [0.15, 0.2) is 29.3 Å². The molecule has 0 aromatic heterocycles. The van der Waals surface area contributed by atoms with Crippen molar-refractivity contribution in [1.29, 1.82) is 0 Å². The Kier molecular flexibility index (Phi) is 12.4. The average molecular weight is 508 g/mol. The third kappa shape index (κ3) is 8.48. The highest BCUT2D eigenvalue weighted by Gasteiger charge is 2.19. The fourth-order valence-electron chi connectivity index (χ4n) is 3.22. The van der Waals surface area contributed by atoms with Crippen molar-refractivity contribution >= 4 is 29.9 Å². The van der Waals surface area contributed by atoms with E-state index in [1.54, 1.807) is 32.4 Å². The van der Waals surface area contributed by atoms with Gasteiger partial charge >= 0.3 is 0 Å². The third-order valence-corrected chi connectivity index (χ3v) is 4.96. The summed E-state index contributed by atoms with van der Waals surface area (Å²) in [5.41, 5.74) is 0. The number of para-hydroxylation sites is 1. The van der Waals surface area contributed by atoms with Gasteiger partial charge in [0.25, 0.3) is 0 Å². The molecule has 1 aliphatic heterocycles. The molecule has 160 valence electrons. The predicted octanol–water partition coefficient (Wildman–Crippen LogP) is 2.69. The fourth-order valence-corrected chi connectivity index (χ4v) is 3.22. The number of likely N-dealkylation sites (tertiary alicyclic amines) is 1. The summed E-state index contributed by atoms with van der Waals surface area (Å²) in [6.07, 6.45) is 2.38. The Labute approximate surface area is 185 Å². The number of likely N-dealkylation sites (N-methyl/N-ethyl adjacent to an activating group) is 1. The van der Waals surface area contributed by atoms with E-state index in [1.807, 2.05) is 11.9 Å². The quantitative estimate of drug-likeness (QED) is 0.316. The summed E-state index contributed by atoms with van der Waals surface area (Å²) in [6.45, 7) is 6.02. The molecule has 1 aromatic carbocycles. The molecule has 0 amide bonds. The Morgan fingerprint density at radius 3 is 2.64 bits per heavy atom. The topological polar surface area (TPSA) is 49.3 Å². The smallest absolute Gasteiger partial charge is 0.193 e. The number of methoxy groups -OCH3 is 1. The van der Waals surface area contributed by atoms with Crippen LogP contribution in [0, 0.1) is 11.7 Å². The number of rotatable bonds is 9. The number of ether oxygens (including phenoxy) is 2. The van der Waals surface area contributed by atoms with Crippen molar-refractivity contribution in [2.45, 2.75) is 12.8 Å². The normalized spacial score (nSPS) is 15.8. The maximum atomic E-state index is 13.6. The molecule has 1 heterocycles. The first-order valence-corrected chi connectivity index (χ1v) is 9.64. The number of hydrogen-bond donors (Lipinski definition) is 1. The van der Waals surface area contributed by atoms with Gasteiger partial charge in [-0.2, -0.15) is 0 Å². The molecule has 0 unspecified atom stereocenters. The molecular formula is C20H34FIN4O2. The van der Waals surface area contributed by atoms with E-state index in [9.17, 15) is 4.39 Å². The number of piperidine rings is 1. The number of benzene rings is 1. The first kappa shape index (κ1) is 24.9. The Hall–Kier alpha value is -1.13. The molecule has 0 radical (unpaired) electrons. The number of halogens is 2. The molecule has 1 fully saturated rings. The van der Waals surface area contributed by atoms with Crippen LogP contribution in [0.2, 0.25) is 0 Å². The second kappa shape index (κ2) is 13.9. The number of nitrogens with one attached hydrogen (secondary N) is 1. The molecule has 1 aromatic rings. The molecule has 1 saturated heterocycles. The molecule has 0 bridgehead atoms. The highest BCUT2D eigenvalue weighted by atomic mass is 127. The van der Waals surface area contributed by atoms with Gasteiger partial charge in [0.2, 0.25) is 0 Å². The Bertz CT molecular complexity index is 583. The van der Waals surface area contributed by atoms with E-state index >= 15 is 0 Å². The lowest BCUT2D eigenvalue weighted by Gasteiger charge is -2.32. The number of nitrogens with zero attached hydrogens (tertiary/aromatic N) is 3. The minimum Gasteiger partial charge on any atom is -0.489 e. The minimum atomic E-state index is -0.334. The van der Waals surface area contributed by atoms with Crippen molar-refractivity contribution in [3.05, 3.63) is 30.1 Å². The summed E-state index contributed by atoms with van der Waals surface area (Å²) < 4.78 is 24.3. The first-order valence-electron chi connectivity index (χ1n) is 9.64. The van der Waals surface area contributed by atoms with Gasteiger partial charge in [-0.15, -0.1) is 24.0 Å². The van der Waals surface area contributed by atoms with Gasteiger partial charge in [0.1, 0.15) is 6.61 Å². The van der Waals surface area contributed by atoms with Crippen molar-refractivity contribution in [2.24, 2.45) is 10.9 Å². The lowest BCUT2D eigenvalue weighted by atomic mass is 9.97. The van der Waals surface area contributed by atoms with E-state index in [4.69, 9.17) is 9.47 Å². The first-order chi connectivity index (χ1) is 13.1. The maximum absolute atomic E-state index is 13.6. The zero-order valence-electron chi connectivity index (χ0n) is 17.2. The van der Waals surface area contributed by atoms with Gasteiger partial charge in [-0.1, -0.05) is 12.1 Å². The number of hydrogen-bond acceptors (Lipinski definition) is 4. The van der Waals surface area contributed by atoms with Crippen molar-refractivity contribution in [2.75, 3.05) is 67.1 Å². The zero-order valence-corrected chi connectivity index (χ0v) is 19.5. The molecule has 0 spiro atoms. The second-order valence-electron chi connectivity index (χ2n) is 6.91. The van der Waals surface area contributed by atoms with Crippen LogP contribution in [-0.2, 0) is 4.74 Å². The lowest BCUT2D eigenvalue weighted by Crippen LogP contribution is -2.44. The Morgan fingerprint density at radius 1 is 1.29 bits per heavy atom. The standard InChI is InChI=1S/C20H33FN4O2.HI/c1-22-20(23-16-17-8-10-25(11-9-17)13-14-26-3)24(2)12-15-27-19-7-5-4-6-18(19)21;/h4-7,17H,8-16H2,1-3H3,(H,22,23);1H. The molecule has 2 rings (SSSR count). The van der Waals surface area contributed by atoms with Gasteiger partial charge in [-0.05, 0) is 44.0 Å². The van der Waals surface area contributed by atoms with Gasteiger partial charge in [-0.3, -0.25) is 4.99 Å². The van der Waals surface area contributed by atoms with Crippen molar-refractivity contribution in [1.82, 2.24) is 15.1 Å². The van der Waals surface area contributed by atoms with E-state index in [2.05, 4.69) is 15.2 Å². The van der Waals surface area contributed by atoms with E-state index in [-0.39, 0.29) is 35.5 Å². The van der Waals surface area contributed by atoms with Gasteiger partial charge < -0.3 is 24.6 Å². The molecule has 1 aliphatic rings. The second-order valence-corrected chi connectivity index (χ2v) is 6.91. The summed E-state index contributed by atoms with van der Waals surface area (Å²) in [4.78, 5) is 8.81. The Balaban J connectivity index is 0.00000392. The SMILES string of the molecule is CN=C(NCC1CCN(CCOC)CC1)N(C)CCOc1ccccc1F.I. The highest BCUT2D eigenvalue weighted by Crippen LogP contribution is 2.16. The van der Waals surface area contributed by atoms with Crippen molar-refractivity contribution in [3.63, 3.8) is 0 Å². The summed E-state index contributed by atoms with van der Waals surface area (Å²) in [7, 11) is 5.50. The summed E-state index contributed by atoms with van der Waals surface area (Å²) in [5.74, 6) is 1.45. The number of aliphatic imine (C=N–C) groups is 1. The maximum Gasteiger partial charge on any atom is 0.193 e. The van der Waals surface area contributed by atoms with Crippen LogP contribution in [0.3, 0.4) is 0 Å². The zero-order chi connectivity index (χ0) is 19.5. The van der Waals surface area contributed by atoms with E-state index in [1.165, 1.54) is 18.9 Å². The molecular weight excluding hydrogens is 474 g/mol. The van der Waals surface area contributed by atoms with Gasteiger partial charge in [0.05, 0.1) is 13.2 Å².